The van der Waals surface area contributed by atoms with Crippen molar-refractivity contribution in [2.75, 3.05) is 11.4 Å². The van der Waals surface area contributed by atoms with Gasteiger partial charge in [-0.15, -0.1) is 0 Å². The fourth-order valence-electron chi connectivity index (χ4n) is 5.00. The molecule has 35 heavy (non-hydrogen) atoms. The number of nitrogens with zero attached hydrogens (tertiary/aromatic N) is 3. The number of aliphatic hydroxyl groups is 1. The second-order valence-electron chi connectivity index (χ2n) is 10.8. The van der Waals surface area contributed by atoms with Gasteiger partial charge in [-0.25, -0.2) is 9.97 Å². The van der Waals surface area contributed by atoms with E-state index in [9.17, 15) is 14.7 Å². The quantitative estimate of drug-likeness (QED) is 0.588. The third kappa shape index (κ3) is 6.05. The Morgan fingerprint density at radius 3 is 2.31 bits per heavy atom. The minimum absolute atomic E-state index is 0.0461. The summed E-state index contributed by atoms with van der Waals surface area (Å²) >= 11 is 0. The van der Waals surface area contributed by atoms with Crippen molar-refractivity contribution in [3.05, 3.63) is 54.1 Å². The minimum Gasteiger partial charge on any atom is -0.392 e. The van der Waals surface area contributed by atoms with E-state index in [1.165, 1.54) is 12.7 Å². The number of aromatic nitrogens is 2. The average molecular weight is 480 g/mol. The van der Waals surface area contributed by atoms with Crippen LogP contribution >= 0.6 is 0 Å². The lowest BCUT2D eigenvalue weighted by molar-refractivity contribution is -0.128. The highest BCUT2D eigenvalue weighted by atomic mass is 16.3. The smallest absolute Gasteiger partial charge is 0.248 e. The summed E-state index contributed by atoms with van der Waals surface area (Å²) in [6, 6.07) is 6.39. The summed E-state index contributed by atoms with van der Waals surface area (Å²) in [5.74, 6) is -0.490. The van der Waals surface area contributed by atoms with Gasteiger partial charge in [0.1, 0.15) is 12.4 Å². The van der Waals surface area contributed by atoms with Gasteiger partial charge in [-0.2, -0.15) is 0 Å². The number of aliphatic hydroxyl groups excluding tert-OH is 1. The topological polar surface area (TPSA) is 107 Å². The van der Waals surface area contributed by atoms with E-state index >= 15 is 0 Å². The highest BCUT2D eigenvalue weighted by Gasteiger charge is 2.39. The number of hydrogen-bond acceptors (Lipinski definition) is 6. The van der Waals surface area contributed by atoms with Crippen molar-refractivity contribution < 1.29 is 14.7 Å². The van der Waals surface area contributed by atoms with E-state index in [1.54, 1.807) is 17.3 Å². The molecular weight excluding hydrogens is 442 g/mol. The summed E-state index contributed by atoms with van der Waals surface area (Å²) in [7, 11) is 0. The van der Waals surface area contributed by atoms with E-state index in [-0.39, 0.29) is 23.3 Å². The Morgan fingerprint density at radius 2 is 1.74 bits per heavy atom. The molecule has 1 aliphatic heterocycles. The van der Waals surface area contributed by atoms with Gasteiger partial charge >= 0.3 is 0 Å². The van der Waals surface area contributed by atoms with Crippen molar-refractivity contribution >= 4 is 17.5 Å². The first kappa shape index (κ1) is 25.3. The summed E-state index contributed by atoms with van der Waals surface area (Å²) < 4.78 is 0. The van der Waals surface area contributed by atoms with Crippen LogP contribution in [-0.2, 0) is 15.0 Å². The standard InChI is InChI=1S/C27H37N5O3/c1-27(2,3)19-9-11-21(12-10-19)32(26(35)23-13-22(33)16-30-23)24(18-14-28-17-29-15-18)25(34)31-20-7-5-4-6-8-20/h9-12,14-15,17,20,22-24,30,33H,4-8,13,16H2,1-3H3,(H,31,34)/t22-,23-,24?/m1/s1. The zero-order valence-electron chi connectivity index (χ0n) is 20.9. The van der Waals surface area contributed by atoms with Crippen molar-refractivity contribution in [1.29, 1.82) is 0 Å². The van der Waals surface area contributed by atoms with Gasteiger partial charge in [0.2, 0.25) is 11.8 Å². The van der Waals surface area contributed by atoms with Crippen LogP contribution in [0.1, 0.15) is 76.5 Å². The molecule has 1 unspecified atom stereocenters. The van der Waals surface area contributed by atoms with Crippen molar-refractivity contribution in [1.82, 2.24) is 20.6 Å². The molecule has 2 fully saturated rings. The molecular formula is C27H37N5O3. The van der Waals surface area contributed by atoms with Gasteiger partial charge in [-0.3, -0.25) is 14.5 Å². The Bertz CT molecular complexity index is 1000. The lowest BCUT2D eigenvalue weighted by atomic mass is 9.87. The lowest BCUT2D eigenvalue weighted by Crippen LogP contribution is -2.51. The molecule has 1 saturated carbocycles. The maximum absolute atomic E-state index is 13.9. The van der Waals surface area contributed by atoms with Crippen LogP contribution in [-0.4, -0.2) is 51.6 Å². The van der Waals surface area contributed by atoms with Gasteiger partial charge in [0.25, 0.3) is 0 Å². The summed E-state index contributed by atoms with van der Waals surface area (Å²) in [6.07, 6.45) is 9.55. The molecule has 2 aliphatic rings. The summed E-state index contributed by atoms with van der Waals surface area (Å²) in [5.41, 5.74) is 2.26. The van der Waals surface area contributed by atoms with E-state index in [2.05, 4.69) is 41.4 Å². The Kier molecular flexibility index (Phi) is 7.82. The average Bonchev–Trinajstić information content (AvgIpc) is 3.29. The molecule has 1 aromatic heterocycles. The Morgan fingerprint density at radius 1 is 1.09 bits per heavy atom. The van der Waals surface area contributed by atoms with Crippen LogP contribution in [0.2, 0.25) is 0 Å². The highest BCUT2D eigenvalue weighted by molar-refractivity contribution is 6.04. The van der Waals surface area contributed by atoms with Crippen LogP contribution < -0.4 is 15.5 Å². The number of hydrogen-bond donors (Lipinski definition) is 3. The molecule has 0 bridgehead atoms. The molecule has 2 aromatic rings. The molecule has 0 radical (unpaired) electrons. The van der Waals surface area contributed by atoms with Crippen molar-refractivity contribution in [2.45, 2.75) is 88.9 Å². The van der Waals surface area contributed by atoms with Crippen LogP contribution in [0.5, 0.6) is 0 Å². The fraction of sp³-hybridized carbons (Fsp3) is 0.556. The Hall–Kier alpha value is -2.84. The molecule has 188 valence electrons. The number of benzene rings is 1. The molecule has 0 spiro atoms. The lowest BCUT2D eigenvalue weighted by Gasteiger charge is -2.35. The van der Waals surface area contributed by atoms with Crippen molar-refractivity contribution in [3.8, 4) is 0 Å². The molecule has 1 aromatic carbocycles. The number of amides is 2. The predicted octanol–water partition coefficient (Wildman–Crippen LogP) is 3.02. The summed E-state index contributed by atoms with van der Waals surface area (Å²) in [6.45, 7) is 6.75. The second-order valence-corrected chi connectivity index (χ2v) is 10.8. The molecule has 1 saturated heterocycles. The first-order chi connectivity index (χ1) is 16.7. The second kappa shape index (κ2) is 10.8. The molecule has 1 aliphatic carbocycles. The fourth-order valence-corrected chi connectivity index (χ4v) is 5.00. The van der Waals surface area contributed by atoms with E-state index in [4.69, 9.17) is 0 Å². The van der Waals surface area contributed by atoms with E-state index in [0.717, 1.165) is 31.2 Å². The normalized spacial score (nSPS) is 21.9. The van der Waals surface area contributed by atoms with E-state index in [1.807, 2.05) is 24.3 Å². The van der Waals surface area contributed by atoms with E-state index < -0.39 is 18.2 Å². The molecule has 2 amide bonds. The largest absolute Gasteiger partial charge is 0.392 e. The number of carbonyl (C=O) groups excluding carboxylic acids is 2. The first-order valence-electron chi connectivity index (χ1n) is 12.6. The number of anilines is 1. The van der Waals surface area contributed by atoms with Crippen molar-refractivity contribution in [3.63, 3.8) is 0 Å². The van der Waals surface area contributed by atoms with Crippen LogP contribution in [0.15, 0.2) is 43.0 Å². The highest BCUT2D eigenvalue weighted by Crippen LogP contribution is 2.32. The van der Waals surface area contributed by atoms with E-state index in [0.29, 0.717) is 24.2 Å². The summed E-state index contributed by atoms with van der Waals surface area (Å²) in [4.78, 5) is 37.6. The molecule has 2 heterocycles. The molecule has 4 rings (SSSR count). The van der Waals surface area contributed by atoms with Gasteiger partial charge in [0, 0.05) is 36.2 Å². The van der Waals surface area contributed by atoms with Gasteiger partial charge in [-0.1, -0.05) is 52.2 Å². The van der Waals surface area contributed by atoms with Gasteiger partial charge in [-0.05, 0) is 42.4 Å². The molecule has 3 atom stereocenters. The minimum atomic E-state index is -0.925. The van der Waals surface area contributed by atoms with Gasteiger partial charge in [0.05, 0.1) is 12.1 Å². The molecule has 8 heteroatoms. The monoisotopic (exact) mass is 479 g/mol. The molecule has 3 N–H and O–H groups in total. The third-order valence-electron chi connectivity index (χ3n) is 7.01. The van der Waals surface area contributed by atoms with Crippen LogP contribution in [0.25, 0.3) is 0 Å². The first-order valence-corrected chi connectivity index (χ1v) is 12.6. The Balaban J connectivity index is 1.74. The SMILES string of the molecule is CC(C)(C)c1ccc(N(C(=O)[C@H]2C[C@@H](O)CN2)C(C(=O)NC2CCCCC2)c2cncnc2)cc1. The zero-order chi connectivity index (χ0) is 25.0. The number of rotatable bonds is 6. The van der Waals surface area contributed by atoms with Crippen LogP contribution in [0, 0.1) is 0 Å². The Labute approximate surface area is 207 Å². The summed E-state index contributed by atoms with van der Waals surface area (Å²) in [5, 5.41) is 16.4. The predicted molar refractivity (Wildman–Crippen MR) is 135 cm³/mol. The van der Waals surface area contributed by atoms with Crippen LogP contribution in [0.4, 0.5) is 5.69 Å². The maximum Gasteiger partial charge on any atom is 0.248 e. The third-order valence-corrected chi connectivity index (χ3v) is 7.01. The zero-order valence-corrected chi connectivity index (χ0v) is 20.9. The number of nitrogens with one attached hydrogen (secondary N) is 2. The number of β-amino-alcohol motifs (C(OH)–C–C–N with tert-alkyl or cyclic N) is 1. The molecule has 8 nitrogen and oxygen atoms in total. The van der Waals surface area contributed by atoms with Crippen LogP contribution in [0.3, 0.4) is 0 Å². The van der Waals surface area contributed by atoms with Crippen molar-refractivity contribution in [2.24, 2.45) is 0 Å². The van der Waals surface area contributed by atoms with Gasteiger partial charge < -0.3 is 15.7 Å². The maximum atomic E-state index is 13.9. The van der Waals surface area contributed by atoms with Gasteiger partial charge in [0.15, 0.2) is 0 Å². The number of carbonyl (C=O) groups is 2.